The van der Waals surface area contributed by atoms with Crippen LogP contribution in [0.5, 0.6) is 5.75 Å². The van der Waals surface area contributed by atoms with E-state index in [4.69, 9.17) is 13.9 Å². The number of hydrogen-bond acceptors (Lipinski definition) is 6. The third-order valence-corrected chi connectivity index (χ3v) is 4.44. The first-order chi connectivity index (χ1) is 11.5. The Balaban J connectivity index is 1.65. The summed E-state index contributed by atoms with van der Waals surface area (Å²) in [6.45, 7) is 7.48. The molecule has 0 aliphatic carbocycles. The van der Waals surface area contributed by atoms with E-state index in [0.717, 1.165) is 24.0 Å². The third-order valence-electron chi connectivity index (χ3n) is 4.44. The molecule has 6 heteroatoms. The van der Waals surface area contributed by atoms with Crippen LogP contribution < -0.4 is 10.4 Å². The molecular weight excluding hydrogens is 310 g/mol. The topological polar surface area (TPSA) is 72.1 Å². The standard InChI is InChI=1S/C18H23NO5/c1-12-13(2)18(21)24-17-9-15(3-4-16(12)17)23-11-14(20)10-19-5-7-22-8-6-19/h3-4,9,14,20H,5-8,10-11H2,1-2H3. The summed E-state index contributed by atoms with van der Waals surface area (Å²) in [5.74, 6) is 0.579. The highest BCUT2D eigenvalue weighted by Gasteiger charge is 2.15. The van der Waals surface area contributed by atoms with Crippen molar-refractivity contribution in [1.29, 1.82) is 0 Å². The molecule has 2 aromatic rings. The summed E-state index contributed by atoms with van der Waals surface area (Å²) in [5, 5.41) is 11.0. The van der Waals surface area contributed by atoms with Crippen molar-refractivity contribution in [2.45, 2.75) is 20.0 Å². The number of rotatable bonds is 5. The van der Waals surface area contributed by atoms with E-state index < -0.39 is 6.10 Å². The van der Waals surface area contributed by atoms with Crippen LogP contribution >= 0.6 is 0 Å². The summed E-state index contributed by atoms with van der Waals surface area (Å²) < 4.78 is 16.3. The van der Waals surface area contributed by atoms with Crippen molar-refractivity contribution in [1.82, 2.24) is 4.90 Å². The van der Waals surface area contributed by atoms with Crippen LogP contribution in [-0.4, -0.2) is 55.6 Å². The number of hydrogen-bond donors (Lipinski definition) is 1. The average molecular weight is 333 g/mol. The Hall–Kier alpha value is -1.89. The minimum Gasteiger partial charge on any atom is -0.491 e. The number of β-amino-alcohol motifs (C(OH)–C–C–N with tert-alkyl or cyclic N) is 1. The van der Waals surface area contributed by atoms with Gasteiger partial charge in [-0.2, -0.15) is 0 Å². The predicted molar refractivity (Wildman–Crippen MR) is 90.7 cm³/mol. The summed E-state index contributed by atoms with van der Waals surface area (Å²) in [5.41, 5.74) is 1.71. The van der Waals surface area contributed by atoms with E-state index in [1.807, 2.05) is 19.1 Å². The average Bonchev–Trinajstić information content (AvgIpc) is 2.59. The lowest BCUT2D eigenvalue weighted by Gasteiger charge is -2.28. The number of aliphatic hydroxyl groups excluding tert-OH is 1. The second-order valence-electron chi connectivity index (χ2n) is 6.18. The molecule has 1 saturated heterocycles. The Morgan fingerprint density at radius 2 is 2.00 bits per heavy atom. The van der Waals surface area contributed by atoms with E-state index in [9.17, 15) is 9.90 Å². The van der Waals surface area contributed by atoms with Crippen molar-refractivity contribution in [3.8, 4) is 5.75 Å². The molecule has 0 amide bonds. The van der Waals surface area contributed by atoms with Crippen molar-refractivity contribution in [3.63, 3.8) is 0 Å². The van der Waals surface area contributed by atoms with Gasteiger partial charge < -0.3 is 19.0 Å². The molecule has 1 aliphatic rings. The lowest BCUT2D eigenvalue weighted by atomic mass is 10.1. The molecule has 0 bridgehead atoms. The Morgan fingerprint density at radius 3 is 2.75 bits per heavy atom. The highest BCUT2D eigenvalue weighted by molar-refractivity contribution is 5.82. The predicted octanol–water partition coefficient (Wildman–Crippen LogP) is 1.48. The SMILES string of the molecule is Cc1c(C)c2ccc(OCC(O)CN3CCOCC3)cc2oc1=O. The zero-order chi connectivity index (χ0) is 17.1. The van der Waals surface area contributed by atoms with Gasteiger partial charge in [0.25, 0.3) is 0 Å². The largest absolute Gasteiger partial charge is 0.491 e. The maximum Gasteiger partial charge on any atom is 0.339 e. The smallest absolute Gasteiger partial charge is 0.339 e. The van der Waals surface area contributed by atoms with Gasteiger partial charge in [-0.15, -0.1) is 0 Å². The lowest BCUT2D eigenvalue weighted by molar-refractivity contribution is 0.00466. The number of nitrogens with zero attached hydrogens (tertiary/aromatic N) is 1. The molecule has 24 heavy (non-hydrogen) atoms. The van der Waals surface area contributed by atoms with Crippen LogP contribution in [0, 0.1) is 13.8 Å². The lowest BCUT2D eigenvalue weighted by Crippen LogP contribution is -2.42. The molecule has 1 fully saturated rings. The van der Waals surface area contributed by atoms with E-state index in [1.165, 1.54) is 0 Å². The first-order valence-corrected chi connectivity index (χ1v) is 8.19. The van der Waals surface area contributed by atoms with E-state index >= 15 is 0 Å². The van der Waals surface area contributed by atoms with E-state index in [-0.39, 0.29) is 12.2 Å². The maximum atomic E-state index is 11.8. The van der Waals surface area contributed by atoms with Gasteiger partial charge in [-0.1, -0.05) is 0 Å². The molecule has 1 atom stereocenters. The number of morpholine rings is 1. The summed E-state index contributed by atoms with van der Waals surface area (Å²) in [7, 11) is 0. The van der Waals surface area contributed by atoms with Crippen LogP contribution in [0.1, 0.15) is 11.1 Å². The second-order valence-corrected chi connectivity index (χ2v) is 6.18. The number of ether oxygens (including phenoxy) is 2. The third kappa shape index (κ3) is 3.77. The molecule has 130 valence electrons. The summed E-state index contributed by atoms with van der Waals surface area (Å²) >= 11 is 0. The molecule has 0 radical (unpaired) electrons. The fraction of sp³-hybridized carbons (Fsp3) is 0.500. The second kappa shape index (κ2) is 7.34. The Morgan fingerprint density at radius 1 is 1.25 bits per heavy atom. The summed E-state index contributed by atoms with van der Waals surface area (Å²) in [4.78, 5) is 13.9. The number of aliphatic hydroxyl groups is 1. The van der Waals surface area contributed by atoms with Crippen molar-refractivity contribution in [3.05, 3.63) is 39.7 Å². The molecule has 6 nitrogen and oxygen atoms in total. The molecular formula is C18H23NO5. The van der Waals surface area contributed by atoms with Crippen LogP contribution in [-0.2, 0) is 4.74 Å². The number of aryl methyl sites for hydroxylation is 1. The molecule has 0 spiro atoms. The molecule has 1 unspecified atom stereocenters. The maximum absolute atomic E-state index is 11.8. The minimum absolute atomic E-state index is 0.192. The summed E-state index contributed by atoms with van der Waals surface area (Å²) in [6, 6.07) is 5.41. The Kier molecular flexibility index (Phi) is 5.18. The first-order valence-electron chi connectivity index (χ1n) is 8.19. The van der Waals surface area contributed by atoms with Crippen LogP contribution in [0.3, 0.4) is 0 Å². The molecule has 1 aliphatic heterocycles. The quantitative estimate of drug-likeness (QED) is 0.836. The van der Waals surface area contributed by atoms with Crippen molar-refractivity contribution >= 4 is 11.0 Å². The molecule has 3 rings (SSSR count). The Labute approximate surface area is 140 Å². The normalized spacial score (nSPS) is 17.1. The molecule has 0 saturated carbocycles. The van der Waals surface area contributed by atoms with E-state index in [2.05, 4.69) is 4.90 Å². The van der Waals surface area contributed by atoms with Crippen LogP contribution in [0.4, 0.5) is 0 Å². The van der Waals surface area contributed by atoms with Gasteiger partial charge >= 0.3 is 5.63 Å². The monoisotopic (exact) mass is 333 g/mol. The fourth-order valence-corrected chi connectivity index (χ4v) is 2.85. The van der Waals surface area contributed by atoms with Gasteiger partial charge in [0.05, 0.1) is 13.2 Å². The zero-order valence-corrected chi connectivity index (χ0v) is 14.1. The van der Waals surface area contributed by atoms with Crippen molar-refractivity contribution in [2.24, 2.45) is 0 Å². The Bertz CT molecular complexity index is 764. The number of fused-ring (bicyclic) bond motifs is 1. The van der Waals surface area contributed by atoms with Gasteiger partial charge in [-0.05, 0) is 31.5 Å². The van der Waals surface area contributed by atoms with E-state index in [1.54, 1.807) is 13.0 Å². The minimum atomic E-state index is -0.578. The molecule has 1 N–H and O–H groups in total. The van der Waals surface area contributed by atoms with Gasteiger partial charge in [0, 0.05) is 36.7 Å². The highest BCUT2D eigenvalue weighted by Crippen LogP contribution is 2.24. The summed E-state index contributed by atoms with van der Waals surface area (Å²) in [6.07, 6.45) is -0.578. The molecule has 2 heterocycles. The molecule has 1 aromatic carbocycles. The first kappa shape index (κ1) is 17.0. The fourth-order valence-electron chi connectivity index (χ4n) is 2.85. The van der Waals surface area contributed by atoms with Crippen molar-refractivity contribution in [2.75, 3.05) is 39.5 Å². The van der Waals surface area contributed by atoms with Crippen molar-refractivity contribution < 1.29 is 19.0 Å². The van der Waals surface area contributed by atoms with Crippen LogP contribution in [0.25, 0.3) is 11.0 Å². The van der Waals surface area contributed by atoms with E-state index in [0.29, 0.717) is 36.7 Å². The van der Waals surface area contributed by atoms with Gasteiger partial charge in [0.15, 0.2) is 0 Å². The van der Waals surface area contributed by atoms with Crippen LogP contribution in [0.15, 0.2) is 27.4 Å². The van der Waals surface area contributed by atoms with Gasteiger partial charge in [0.1, 0.15) is 24.0 Å². The number of benzene rings is 1. The zero-order valence-electron chi connectivity index (χ0n) is 14.1. The van der Waals surface area contributed by atoms with Crippen LogP contribution in [0.2, 0.25) is 0 Å². The molecule has 1 aromatic heterocycles. The van der Waals surface area contributed by atoms with Gasteiger partial charge in [-0.3, -0.25) is 4.90 Å². The van der Waals surface area contributed by atoms with Gasteiger partial charge in [0.2, 0.25) is 0 Å². The van der Waals surface area contributed by atoms with Gasteiger partial charge in [-0.25, -0.2) is 4.79 Å². The highest BCUT2D eigenvalue weighted by atomic mass is 16.5.